The van der Waals surface area contributed by atoms with Gasteiger partial charge in [0.25, 0.3) is 0 Å². The monoisotopic (exact) mass is 364 g/mol. The molecule has 2 aromatic rings. The van der Waals surface area contributed by atoms with Crippen LogP contribution in [0.3, 0.4) is 0 Å². The lowest BCUT2D eigenvalue weighted by molar-refractivity contribution is -0.459. The maximum absolute atomic E-state index is 12.9. The van der Waals surface area contributed by atoms with E-state index in [0.29, 0.717) is 0 Å². The molecule has 0 aliphatic rings. The Morgan fingerprint density at radius 3 is 1.83 bits per heavy atom. The predicted molar refractivity (Wildman–Crippen MR) is 75.5 cm³/mol. The fourth-order valence-corrected chi connectivity index (χ4v) is 2.32. The van der Waals surface area contributed by atoms with Gasteiger partial charge in [0.2, 0.25) is 0 Å². The third-order valence-electron chi connectivity index (χ3n) is 2.61. The topological polar surface area (TPSA) is 85.2 Å². The van der Waals surface area contributed by atoms with Crippen LogP contribution in [0.2, 0.25) is 0 Å². The van der Waals surface area contributed by atoms with Crippen LogP contribution < -0.4 is 4.74 Å². The number of phosphoric acid groups is 1. The first-order valence-electron chi connectivity index (χ1n) is 6.42. The van der Waals surface area contributed by atoms with Crippen LogP contribution in [0.5, 0.6) is 5.75 Å². The Labute approximate surface area is 134 Å². The second kappa shape index (κ2) is 6.92. The van der Waals surface area contributed by atoms with Crippen molar-refractivity contribution in [3.8, 4) is 5.75 Å². The van der Waals surface area contributed by atoms with Crippen LogP contribution in [0.4, 0.5) is 13.2 Å². The highest BCUT2D eigenvalue weighted by atomic mass is 31.2. The van der Waals surface area contributed by atoms with Crippen molar-refractivity contribution in [1.82, 2.24) is 0 Å². The van der Waals surface area contributed by atoms with Crippen molar-refractivity contribution in [2.24, 2.45) is 0 Å². The lowest BCUT2D eigenvalue weighted by atomic mass is 10.2. The van der Waals surface area contributed by atoms with E-state index in [2.05, 4.69) is 9.26 Å². The highest BCUT2D eigenvalue weighted by Crippen LogP contribution is 2.49. The van der Waals surface area contributed by atoms with Gasteiger partial charge >= 0.3 is 20.2 Å². The number of phosphoric ester groups is 1. The summed E-state index contributed by atoms with van der Waals surface area (Å²) in [6.07, 6.45) is -5.31. The van der Waals surface area contributed by atoms with E-state index >= 15 is 0 Å². The molecule has 10 heteroatoms. The summed E-state index contributed by atoms with van der Waals surface area (Å²) in [5.41, 5.74) is -0.394. The third kappa shape index (κ3) is 5.33. The van der Waals surface area contributed by atoms with Gasteiger partial charge in [0.15, 0.2) is 0 Å². The Bertz CT molecular complexity index is 703. The fraction of sp³-hybridized carbons (Fsp3) is 0.143. The van der Waals surface area contributed by atoms with Crippen LogP contribution >= 0.6 is 7.82 Å². The second-order valence-electron chi connectivity index (χ2n) is 4.47. The molecule has 0 saturated heterocycles. The van der Waals surface area contributed by atoms with Gasteiger partial charge in [-0.2, -0.15) is 0 Å². The maximum Gasteiger partial charge on any atom is 0.527 e. The van der Waals surface area contributed by atoms with Crippen molar-refractivity contribution >= 4 is 7.82 Å². The van der Waals surface area contributed by atoms with Crippen LogP contribution in [-0.2, 0) is 19.8 Å². The zero-order valence-corrected chi connectivity index (χ0v) is 12.8. The number of alkyl halides is 3. The maximum atomic E-state index is 12.9. The number of halogens is 3. The molecule has 1 atom stereocenters. The smallest absolute Gasteiger partial charge is 0.435 e. The number of benzene rings is 2. The number of hydrogen-bond acceptors (Lipinski definition) is 4. The summed E-state index contributed by atoms with van der Waals surface area (Å²) in [5, 5.41) is 0. The van der Waals surface area contributed by atoms with E-state index in [1.807, 2.05) is 0 Å². The van der Waals surface area contributed by atoms with E-state index in [9.17, 15) is 17.7 Å². The molecule has 24 heavy (non-hydrogen) atoms. The minimum Gasteiger partial charge on any atom is -0.435 e. The highest BCUT2D eigenvalue weighted by molar-refractivity contribution is 7.46. The number of rotatable bonds is 6. The first-order chi connectivity index (χ1) is 11.1. The Kier molecular flexibility index (Phi) is 5.32. The molecule has 1 unspecified atom stereocenters. The first-order valence-corrected chi connectivity index (χ1v) is 7.95. The van der Waals surface area contributed by atoms with Gasteiger partial charge in [-0.3, -0.25) is 0 Å². The van der Waals surface area contributed by atoms with Crippen molar-refractivity contribution in [3.05, 3.63) is 66.2 Å². The summed E-state index contributed by atoms with van der Waals surface area (Å²) in [4.78, 5) is 18.1. The molecule has 2 N–H and O–H groups in total. The summed E-state index contributed by atoms with van der Waals surface area (Å²) >= 11 is 0. The largest absolute Gasteiger partial charge is 0.527 e. The summed E-state index contributed by atoms with van der Waals surface area (Å²) in [7, 11) is -5.43. The van der Waals surface area contributed by atoms with Crippen molar-refractivity contribution in [1.29, 1.82) is 0 Å². The molecule has 0 aliphatic carbocycles. The van der Waals surface area contributed by atoms with E-state index in [1.165, 1.54) is 42.5 Å². The highest BCUT2D eigenvalue weighted by Gasteiger charge is 2.52. The second-order valence-corrected chi connectivity index (χ2v) is 5.63. The van der Waals surface area contributed by atoms with E-state index in [1.54, 1.807) is 6.07 Å². The minimum absolute atomic E-state index is 0.154. The fourth-order valence-electron chi connectivity index (χ4n) is 1.82. The van der Waals surface area contributed by atoms with Crippen LogP contribution in [0.1, 0.15) is 5.56 Å². The van der Waals surface area contributed by atoms with Crippen molar-refractivity contribution in [3.63, 3.8) is 0 Å². The summed E-state index contributed by atoms with van der Waals surface area (Å²) in [6.45, 7) is 0. The van der Waals surface area contributed by atoms with E-state index in [-0.39, 0.29) is 5.75 Å². The molecule has 0 spiro atoms. The quantitative estimate of drug-likeness (QED) is 0.603. The van der Waals surface area contributed by atoms with Gasteiger partial charge in [0, 0.05) is 0 Å². The zero-order valence-electron chi connectivity index (χ0n) is 11.9. The molecular weight excluding hydrogens is 352 g/mol. The van der Waals surface area contributed by atoms with Crippen molar-refractivity contribution in [2.75, 3.05) is 0 Å². The SMILES string of the molecule is O=P(O)(O)OC(Oc1ccccc1)(OC(F)(F)F)c1ccccc1. The summed E-state index contributed by atoms with van der Waals surface area (Å²) in [5.74, 6) is -3.38. The molecule has 0 heterocycles. The molecule has 0 bridgehead atoms. The Hall–Kier alpha value is -1.90. The lowest BCUT2D eigenvalue weighted by Gasteiger charge is -2.33. The van der Waals surface area contributed by atoms with Gasteiger partial charge in [0.05, 0.1) is 5.56 Å². The molecule has 2 rings (SSSR count). The molecule has 0 amide bonds. The van der Waals surface area contributed by atoms with Gasteiger partial charge in [0.1, 0.15) is 5.75 Å². The standard InChI is InChI=1S/C14H12F3O6P/c15-14(16,17)22-13(23-24(18,19)20,11-7-3-1-4-8-11)21-12-9-5-2-6-10-12/h1-10H,(H2,18,19,20). The first kappa shape index (κ1) is 18.4. The van der Waals surface area contributed by atoms with Gasteiger partial charge in [-0.1, -0.05) is 36.4 Å². The van der Waals surface area contributed by atoms with E-state index < -0.39 is 25.7 Å². The van der Waals surface area contributed by atoms with E-state index in [4.69, 9.17) is 14.5 Å². The van der Waals surface area contributed by atoms with Crippen LogP contribution in [0.25, 0.3) is 0 Å². The van der Waals surface area contributed by atoms with Gasteiger partial charge < -0.3 is 14.5 Å². The molecule has 6 nitrogen and oxygen atoms in total. The molecule has 0 fully saturated rings. The average molecular weight is 364 g/mol. The predicted octanol–water partition coefficient (Wildman–Crippen LogP) is 3.52. The van der Waals surface area contributed by atoms with Crippen LogP contribution in [-0.4, -0.2) is 16.1 Å². The van der Waals surface area contributed by atoms with Crippen LogP contribution in [0.15, 0.2) is 60.7 Å². The molecule has 0 radical (unpaired) electrons. The normalized spacial score (nSPS) is 14.9. The van der Waals surface area contributed by atoms with Crippen molar-refractivity contribution in [2.45, 2.75) is 12.3 Å². The molecule has 0 aliphatic heterocycles. The number of para-hydroxylation sites is 1. The molecular formula is C14H12F3O6P. The van der Waals surface area contributed by atoms with Gasteiger partial charge in [-0.05, 0) is 24.3 Å². The minimum atomic E-state index is -5.43. The Morgan fingerprint density at radius 1 is 0.875 bits per heavy atom. The number of hydrogen-bond donors (Lipinski definition) is 2. The molecule has 0 aromatic heterocycles. The van der Waals surface area contributed by atoms with Crippen molar-refractivity contribution < 1.29 is 41.5 Å². The summed E-state index contributed by atoms with van der Waals surface area (Å²) in [6, 6.07) is 13.4. The zero-order chi connectivity index (χ0) is 17.8. The van der Waals surface area contributed by atoms with Crippen LogP contribution in [0, 0.1) is 0 Å². The van der Waals surface area contributed by atoms with Gasteiger partial charge in [-0.25, -0.2) is 13.8 Å². The van der Waals surface area contributed by atoms with E-state index in [0.717, 1.165) is 12.1 Å². The Balaban J connectivity index is 2.56. The average Bonchev–Trinajstić information content (AvgIpc) is 2.45. The molecule has 0 saturated carbocycles. The third-order valence-corrected chi connectivity index (χ3v) is 3.09. The Morgan fingerprint density at radius 2 is 1.38 bits per heavy atom. The summed E-state index contributed by atoms with van der Waals surface area (Å²) < 4.78 is 63.1. The molecule has 2 aromatic carbocycles. The van der Waals surface area contributed by atoms with Gasteiger partial charge in [-0.15, -0.1) is 13.2 Å². The number of ether oxygens (including phenoxy) is 2. The molecule has 130 valence electrons. The lowest BCUT2D eigenvalue weighted by Crippen LogP contribution is -2.43.